The second-order valence-electron chi connectivity index (χ2n) is 6.22. The molecule has 2 heterocycles. The molecular formula is C17H25N3O2. The molecule has 1 N–H and O–H groups in total. The maximum atomic E-state index is 11.8. The molecule has 3 rings (SSSR count). The lowest BCUT2D eigenvalue weighted by Gasteiger charge is -2.37. The van der Waals surface area contributed by atoms with Crippen LogP contribution in [-0.2, 0) is 4.79 Å². The molecule has 1 amide bonds. The highest BCUT2D eigenvalue weighted by molar-refractivity contribution is 5.77. The Kier molecular flexibility index (Phi) is 4.95. The van der Waals surface area contributed by atoms with E-state index in [4.69, 9.17) is 0 Å². The van der Waals surface area contributed by atoms with Crippen molar-refractivity contribution in [2.75, 3.05) is 50.7 Å². The summed E-state index contributed by atoms with van der Waals surface area (Å²) in [4.78, 5) is 18.4. The van der Waals surface area contributed by atoms with E-state index in [9.17, 15) is 9.90 Å². The third-order valence-corrected chi connectivity index (χ3v) is 4.57. The fourth-order valence-corrected chi connectivity index (χ4v) is 3.14. The predicted molar refractivity (Wildman–Crippen MR) is 86.9 cm³/mol. The number of piperazine rings is 1. The van der Waals surface area contributed by atoms with E-state index in [-0.39, 0.29) is 12.0 Å². The summed E-state index contributed by atoms with van der Waals surface area (Å²) in [6, 6.07) is 10.5. The van der Waals surface area contributed by atoms with Crippen molar-refractivity contribution in [2.45, 2.75) is 18.9 Å². The van der Waals surface area contributed by atoms with Crippen molar-refractivity contribution in [3.63, 3.8) is 0 Å². The average molecular weight is 303 g/mol. The van der Waals surface area contributed by atoms with Gasteiger partial charge >= 0.3 is 0 Å². The molecule has 1 aromatic carbocycles. The number of aliphatic hydroxyl groups excluding tert-OH is 1. The van der Waals surface area contributed by atoms with Crippen LogP contribution in [0.25, 0.3) is 0 Å². The van der Waals surface area contributed by atoms with Gasteiger partial charge < -0.3 is 14.9 Å². The van der Waals surface area contributed by atoms with Gasteiger partial charge in [-0.2, -0.15) is 0 Å². The molecule has 0 unspecified atom stereocenters. The highest BCUT2D eigenvalue weighted by Crippen LogP contribution is 2.16. The van der Waals surface area contributed by atoms with Crippen LogP contribution in [0.4, 0.5) is 5.69 Å². The minimum absolute atomic E-state index is 0.188. The van der Waals surface area contributed by atoms with E-state index in [1.165, 1.54) is 5.69 Å². The summed E-state index contributed by atoms with van der Waals surface area (Å²) in [5.74, 6) is 0.188. The Bertz CT molecular complexity index is 480. The number of amides is 1. The summed E-state index contributed by atoms with van der Waals surface area (Å²) in [5.41, 5.74) is 1.30. The molecule has 120 valence electrons. The van der Waals surface area contributed by atoms with Crippen molar-refractivity contribution in [1.82, 2.24) is 9.80 Å². The molecule has 0 atom stereocenters. The zero-order valence-electron chi connectivity index (χ0n) is 13.0. The largest absolute Gasteiger partial charge is 0.389 e. The molecule has 0 saturated carbocycles. The van der Waals surface area contributed by atoms with E-state index in [2.05, 4.69) is 34.1 Å². The SMILES string of the molecule is O=C(CCCN1CCN(c2ccccc2)CC1)N1CC(O)C1. The predicted octanol–water partition coefficient (Wildman–Crippen LogP) is 0.792. The third-order valence-electron chi connectivity index (χ3n) is 4.57. The smallest absolute Gasteiger partial charge is 0.222 e. The second-order valence-corrected chi connectivity index (χ2v) is 6.22. The Morgan fingerprint density at radius 3 is 2.41 bits per heavy atom. The summed E-state index contributed by atoms with van der Waals surface area (Å²) < 4.78 is 0. The lowest BCUT2D eigenvalue weighted by molar-refractivity contribution is -0.141. The molecule has 1 aromatic rings. The topological polar surface area (TPSA) is 47.0 Å². The number of hydrogen-bond donors (Lipinski definition) is 1. The zero-order chi connectivity index (χ0) is 15.4. The van der Waals surface area contributed by atoms with Gasteiger partial charge in [-0.1, -0.05) is 18.2 Å². The number of carbonyl (C=O) groups is 1. The molecule has 0 bridgehead atoms. The van der Waals surface area contributed by atoms with Crippen LogP contribution in [0.3, 0.4) is 0 Å². The lowest BCUT2D eigenvalue weighted by Crippen LogP contribution is -2.53. The number of hydrogen-bond acceptors (Lipinski definition) is 4. The van der Waals surface area contributed by atoms with E-state index >= 15 is 0 Å². The molecule has 22 heavy (non-hydrogen) atoms. The van der Waals surface area contributed by atoms with Crippen LogP contribution >= 0.6 is 0 Å². The minimum Gasteiger partial charge on any atom is -0.389 e. The number of nitrogens with zero attached hydrogens (tertiary/aromatic N) is 3. The lowest BCUT2D eigenvalue weighted by atomic mass is 10.1. The second kappa shape index (κ2) is 7.11. The van der Waals surface area contributed by atoms with Crippen molar-refractivity contribution < 1.29 is 9.90 Å². The number of rotatable bonds is 5. The van der Waals surface area contributed by atoms with E-state index < -0.39 is 0 Å². The van der Waals surface area contributed by atoms with E-state index in [1.54, 1.807) is 4.90 Å². The number of β-amino-alcohol motifs (C(OH)–C–C–N with tert-alkyl or cyclic N) is 1. The Morgan fingerprint density at radius 1 is 1.09 bits per heavy atom. The highest BCUT2D eigenvalue weighted by Gasteiger charge is 2.28. The first-order chi connectivity index (χ1) is 10.7. The molecular weight excluding hydrogens is 278 g/mol. The van der Waals surface area contributed by atoms with Gasteiger partial charge in [-0.25, -0.2) is 0 Å². The Balaban J connectivity index is 1.33. The summed E-state index contributed by atoms with van der Waals surface area (Å²) in [6.07, 6.45) is 1.22. The van der Waals surface area contributed by atoms with Crippen LogP contribution in [0, 0.1) is 0 Å². The van der Waals surface area contributed by atoms with Gasteiger partial charge in [0.25, 0.3) is 0 Å². The van der Waals surface area contributed by atoms with Crippen LogP contribution in [0.5, 0.6) is 0 Å². The first kappa shape index (κ1) is 15.3. The number of aliphatic hydroxyl groups is 1. The number of benzene rings is 1. The summed E-state index contributed by atoms with van der Waals surface area (Å²) in [6.45, 7) is 6.26. The maximum Gasteiger partial charge on any atom is 0.222 e. The number of carbonyl (C=O) groups excluding carboxylic acids is 1. The molecule has 5 nitrogen and oxygen atoms in total. The average Bonchev–Trinajstić information content (AvgIpc) is 2.53. The van der Waals surface area contributed by atoms with Crippen molar-refractivity contribution in [1.29, 1.82) is 0 Å². The monoisotopic (exact) mass is 303 g/mol. The normalized spacial score (nSPS) is 20.0. The molecule has 0 aromatic heterocycles. The van der Waals surface area contributed by atoms with Crippen LogP contribution in [0.15, 0.2) is 30.3 Å². The first-order valence-corrected chi connectivity index (χ1v) is 8.20. The van der Waals surface area contributed by atoms with Gasteiger partial charge in [0.05, 0.1) is 6.10 Å². The maximum absolute atomic E-state index is 11.8. The van der Waals surface area contributed by atoms with E-state index in [0.717, 1.165) is 39.1 Å². The fraction of sp³-hybridized carbons (Fsp3) is 0.588. The van der Waals surface area contributed by atoms with Crippen molar-refractivity contribution in [3.8, 4) is 0 Å². The standard InChI is InChI=1S/C17H25N3O2/c21-16-13-20(14-16)17(22)7-4-8-18-9-11-19(12-10-18)15-5-2-1-3-6-15/h1-3,5-6,16,21H,4,7-14H2. The summed E-state index contributed by atoms with van der Waals surface area (Å²) in [5, 5.41) is 9.21. The Labute approximate surface area is 132 Å². The van der Waals surface area contributed by atoms with Gasteiger partial charge in [0.1, 0.15) is 0 Å². The molecule has 2 saturated heterocycles. The van der Waals surface area contributed by atoms with Gasteiger partial charge in [0.15, 0.2) is 0 Å². The van der Waals surface area contributed by atoms with Crippen LogP contribution in [0.1, 0.15) is 12.8 Å². The van der Waals surface area contributed by atoms with Crippen LogP contribution in [-0.4, -0.2) is 72.7 Å². The van der Waals surface area contributed by atoms with Gasteiger partial charge in [-0.3, -0.25) is 9.69 Å². The molecule has 5 heteroatoms. The van der Waals surface area contributed by atoms with Crippen LogP contribution in [0.2, 0.25) is 0 Å². The number of anilines is 1. The molecule has 2 fully saturated rings. The van der Waals surface area contributed by atoms with Gasteiger partial charge in [0.2, 0.25) is 5.91 Å². The van der Waals surface area contributed by atoms with Crippen molar-refractivity contribution in [3.05, 3.63) is 30.3 Å². The highest BCUT2D eigenvalue weighted by atomic mass is 16.3. The van der Waals surface area contributed by atoms with Gasteiger partial charge in [0, 0.05) is 51.4 Å². The summed E-state index contributed by atoms with van der Waals surface area (Å²) >= 11 is 0. The summed E-state index contributed by atoms with van der Waals surface area (Å²) in [7, 11) is 0. The minimum atomic E-state index is -0.296. The van der Waals surface area contributed by atoms with E-state index in [1.807, 2.05) is 6.07 Å². The molecule has 2 aliphatic heterocycles. The van der Waals surface area contributed by atoms with E-state index in [0.29, 0.717) is 19.5 Å². The third kappa shape index (κ3) is 3.78. The molecule has 0 aliphatic carbocycles. The number of para-hydroxylation sites is 1. The first-order valence-electron chi connectivity index (χ1n) is 8.20. The Hall–Kier alpha value is -1.59. The Morgan fingerprint density at radius 2 is 1.77 bits per heavy atom. The fourth-order valence-electron chi connectivity index (χ4n) is 3.14. The number of likely N-dealkylation sites (tertiary alicyclic amines) is 1. The van der Waals surface area contributed by atoms with Crippen molar-refractivity contribution in [2.24, 2.45) is 0 Å². The van der Waals surface area contributed by atoms with Gasteiger partial charge in [-0.05, 0) is 25.1 Å². The molecule has 0 radical (unpaired) electrons. The van der Waals surface area contributed by atoms with Crippen molar-refractivity contribution >= 4 is 11.6 Å². The van der Waals surface area contributed by atoms with Gasteiger partial charge in [-0.15, -0.1) is 0 Å². The van der Waals surface area contributed by atoms with Crippen LogP contribution < -0.4 is 4.90 Å². The molecule has 0 spiro atoms. The quantitative estimate of drug-likeness (QED) is 0.874. The molecule has 2 aliphatic rings. The zero-order valence-corrected chi connectivity index (χ0v) is 13.0.